The van der Waals surface area contributed by atoms with Crippen LogP contribution in [0.3, 0.4) is 0 Å². The van der Waals surface area contributed by atoms with Crippen molar-refractivity contribution in [3.63, 3.8) is 0 Å². The van der Waals surface area contributed by atoms with Crippen molar-refractivity contribution in [3.8, 4) is 0 Å². The van der Waals surface area contributed by atoms with Crippen molar-refractivity contribution in [1.29, 1.82) is 0 Å². The number of nitrogens with zero attached hydrogens (tertiary/aromatic N) is 1. The smallest absolute Gasteiger partial charge is 0.264 e. The zero-order valence-corrected chi connectivity index (χ0v) is 14.6. The van der Waals surface area contributed by atoms with Gasteiger partial charge in [-0.05, 0) is 75.1 Å². The van der Waals surface area contributed by atoms with Crippen molar-refractivity contribution in [1.82, 2.24) is 4.72 Å². The molecule has 3 aliphatic rings. The number of carbonyl (C=O) groups is 1. The average molecular weight is 348 g/mol. The second-order valence-corrected chi connectivity index (χ2v) is 9.19. The molecule has 1 saturated carbocycles. The lowest BCUT2D eigenvalue weighted by Gasteiger charge is -2.36. The summed E-state index contributed by atoms with van der Waals surface area (Å²) < 4.78 is 26.1. The summed E-state index contributed by atoms with van der Waals surface area (Å²) >= 11 is 0. The molecule has 3 fully saturated rings. The molecule has 1 N–H and O–H groups in total. The first-order valence-electron chi connectivity index (χ1n) is 8.95. The molecule has 130 valence electrons. The highest BCUT2D eigenvalue weighted by atomic mass is 32.2. The molecule has 0 unspecified atom stereocenters. The molecule has 0 aromatic heterocycles. The van der Waals surface area contributed by atoms with E-state index in [1.165, 1.54) is 32.1 Å². The Morgan fingerprint density at radius 3 is 2.21 bits per heavy atom. The van der Waals surface area contributed by atoms with Crippen molar-refractivity contribution in [2.75, 3.05) is 10.7 Å². The Hall–Kier alpha value is -1.56. The van der Waals surface area contributed by atoms with Crippen LogP contribution in [0.2, 0.25) is 0 Å². The fourth-order valence-corrected chi connectivity index (χ4v) is 5.60. The summed E-state index contributed by atoms with van der Waals surface area (Å²) in [6.07, 6.45) is 8.21. The third-order valence-corrected chi connectivity index (χ3v) is 6.93. The van der Waals surface area contributed by atoms with E-state index in [4.69, 9.17) is 0 Å². The van der Waals surface area contributed by atoms with Gasteiger partial charge in [0.05, 0.1) is 5.75 Å². The SMILES string of the molecule is O=C(NS(=O)(=O)CC1CC1)c1ccc(N2[C@@H]3CCC[C@H]2CC3)cc1. The topological polar surface area (TPSA) is 66.5 Å². The normalized spacial score (nSPS) is 26.4. The third kappa shape index (κ3) is 3.29. The van der Waals surface area contributed by atoms with Gasteiger partial charge in [0.1, 0.15) is 0 Å². The zero-order chi connectivity index (χ0) is 16.7. The molecule has 2 heterocycles. The lowest BCUT2D eigenvalue weighted by atomic mass is 10.0. The molecule has 1 aliphatic carbocycles. The van der Waals surface area contributed by atoms with E-state index in [0.29, 0.717) is 17.6 Å². The fraction of sp³-hybridized carbons (Fsp3) is 0.611. The van der Waals surface area contributed by atoms with Gasteiger partial charge in [-0.1, -0.05) is 0 Å². The van der Waals surface area contributed by atoms with Crippen LogP contribution in [0.1, 0.15) is 55.3 Å². The first-order valence-corrected chi connectivity index (χ1v) is 10.6. The minimum atomic E-state index is -3.51. The molecular weight excluding hydrogens is 324 g/mol. The van der Waals surface area contributed by atoms with Crippen LogP contribution in [0.15, 0.2) is 24.3 Å². The van der Waals surface area contributed by atoms with Gasteiger partial charge in [0.25, 0.3) is 5.91 Å². The quantitative estimate of drug-likeness (QED) is 0.888. The van der Waals surface area contributed by atoms with Crippen LogP contribution in [-0.4, -0.2) is 32.2 Å². The molecule has 5 nitrogen and oxygen atoms in total. The van der Waals surface area contributed by atoms with Gasteiger partial charge in [0.2, 0.25) is 10.0 Å². The van der Waals surface area contributed by atoms with E-state index in [-0.39, 0.29) is 11.7 Å². The molecule has 0 spiro atoms. The third-order valence-electron chi connectivity index (χ3n) is 5.52. The summed E-state index contributed by atoms with van der Waals surface area (Å²) in [5.74, 6) is -0.232. The number of carbonyl (C=O) groups excluding carboxylic acids is 1. The number of anilines is 1. The number of benzene rings is 1. The number of piperidine rings is 1. The van der Waals surface area contributed by atoms with Crippen LogP contribution in [0, 0.1) is 5.92 Å². The second kappa shape index (κ2) is 6.06. The van der Waals surface area contributed by atoms with Gasteiger partial charge in [0, 0.05) is 23.3 Å². The van der Waals surface area contributed by atoms with Gasteiger partial charge >= 0.3 is 0 Å². The van der Waals surface area contributed by atoms with E-state index in [0.717, 1.165) is 18.5 Å². The zero-order valence-electron chi connectivity index (χ0n) is 13.8. The molecule has 1 amide bonds. The van der Waals surface area contributed by atoms with Gasteiger partial charge < -0.3 is 4.90 Å². The molecule has 2 aliphatic heterocycles. The van der Waals surface area contributed by atoms with E-state index >= 15 is 0 Å². The van der Waals surface area contributed by atoms with E-state index in [1.807, 2.05) is 12.1 Å². The Morgan fingerprint density at radius 2 is 1.62 bits per heavy atom. The maximum Gasteiger partial charge on any atom is 0.264 e. The summed E-state index contributed by atoms with van der Waals surface area (Å²) in [5.41, 5.74) is 1.56. The van der Waals surface area contributed by atoms with Crippen LogP contribution < -0.4 is 9.62 Å². The van der Waals surface area contributed by atoms with Crippen LogP contribution in [0.4, 0.5) is 5.69 Å². The standard InChI is InChI=1S/C18H24N2O3S/c21-18(19-24(22,23)12-13-4-5-13)14-6-8-17(9-7-14)20-15-2-1-3-16(20)11-10-15/h6-9,13,15-16H,1-5,10-12H2,(H,19,21)/t15-,16+. The van der Waals surface area contributed by atoms with Gasteiger partial charge in [-0.25, -0.2) is 13.1 Å². The lowest BCUT2D eigenvalue weighted by Crippen LogP contribution is -2.39. The summed E-state index contributed by atoms with van der Waals surface area (Å²) in [4.78, 5) is 14.7. The highest BCUT2D eigenvalue weighted by Gasteiger charge is 2.36. The van der Waals surface area contributed by atoms with E-state index in [1.54, 1.807) is 12.1 Å². The molecule has 4 rings (SSSR count). The molecular formula is C18H24N2O3S. The van der Waals surface area contributed by atoms with E-state index in [2.05, 4.69) is 9.62 Å². The number of amides is 1. The summed E-state index contributed by atoms with van der Waals surface area (Å²) in [6.45, 7) is 0. The lowest BCUT2D eigenvalue weighted by molar-refractivity contribution is 0.0981. The van der Waals surface area contributed by atoms with Gasteiger partial charge in [-0.2, -0.15) is 0 Å². The Labute approximate surface area is 143 Å². The van der Waals surface area contributed by atoms with E-state index in [9.17, 15) is 13.2 Å². The van der Waals surface area contributed by atoms with Gasteiger partial charge in [-0.3, -0.25) is 4.79 Å². The predicted molar refractivity (Wildman–Crippen MR) is 93.6 cm³/mol. The summed E-state index contributed by atoms with van der Waals surface area (Å²) in [5, 5.41) is 0. The minimum Gasteiger partial charge on any atom is -0.366 e. The highest BCUT2D eigenvalue weighted by Crippen LogP contribution is 2.39. The monoisotopic (exact) mass is 348 g/mol. The van der Waals surface area contributed by atoms with Crippen LogP contribution >= 0.6 is 0 Å². The van der Waals surface area contributed by atoms with Crippen LogP contribution in [0.25, 0.3) is 0 Å². The van der Waals surface area contributed by atoms with Gasteiger partial charge in [0.15, 0.2) is 0 Å². The van der Waals surface area contributed by atoms with Crippen molar-refractivity contribution in [2.45, 2.75) is 57.0 Å². The Bertz CT molecular complexity index is 709. The average Bonchev–Trinajstić information content (AvgIpc) is 3.31. The van der Waals surface area contributed by atoms with Crippen molar-refractivity contribution < 1.29 is 13.2 Å². The maximum atomic E-state index is 12.2. The molecule has 0 radical (unpaired) electrons. The molecule has 1 aromatic rings. The predicted octanol–water partition coefficient (Wildman–Crippen LogP) is 2.68. The van der Waals surface area contributed by atoms with Crippen molar-refractivity contribution in [3.05, 3.63) is 29.8 Å². The number of sulfonamides is 1. The number of fused-ring (bicyclic) bond motifs is 2. The molecule has 1 aromatic carbocycles. The summed E-state index contributed by atoms with van der Waals surface area (Å²) in [7, 11) is -3.51. The van der Waals surface area contributed by atoms with Crippen molar-refractivity contribution in [2.24, 2.45) is 5.92 Å². The van der Waals surface area contributed by atoms with Crippen LogP contribution in [0.5, 0.6) is 0 Å². The largest absolute Gasteiger partial charge is 0.366 e. The number of rotatable bonds is 5. The Balaban J connectivity index is 1.44. The second-order valence-electron chi connectivity index (χ2n) is 7.43. The molecule has 6 heteroatoms. The van der Waals surface area contributed by atoms with Crippen molar-refractivity contribution >= 4 is 21.6 Å². The summed E-state index contributed by atoms with van der Waals surface area (Å²) in [6, 6.07) is 8.65. The Kier molecular flexibility index (Phi) is 4.03. The molecule has 2 atom stereocenters. The van der Waals surface area contributed by atoms with Gasteiger partial charge in [-0.15, -0.1) is 0 Å². The first-order chi connectivity index (χ1) is 11.5. The van der Waals surface area contributed by atoms with E-state index < -0.39 is 15.9 Å². The fourth-order valence-electron chi connectivity index (χ4n) is 4.16. The number of hydrogen-bond donors (Lipinski definition) is 1. The maximum absolute atomic E-state index is 12.2. The first kappa shape index (κ1) is 15.9. The molecule has 2 bridgehead atoms. The molecule has 2 saturated heterocycles. The number of hydrogen-bond acceptors (Lipinski definition) is 4. The number of nitrogens with one attached hydrogen (secondary N) is 1. The minimum absolute atomic E-state index is 0.0635. The Morgan fingerprint density at radius 1 is 1.00 bits per heavy atom. The molecule has 24 heavy (non-hydrogen) atoms. The highest BCUT2D eigenvalue weighted by molar-refractivity contribution is 7.90. The van der Waals surface area contributed by atoms with Crippen LogP contribution in [-0.2, 0) is 10.0 Å².